The van der Waals surface area contributed by atoms with Crippen LogP contribution in [0.15, 0.2) is 60.7 Å². The van der Waals surface area contributed by atoms with Gasteiger partial charge in [0.2, 0.25) is 0 Å². The summed E-state index contributed by atoms with van der Waals surface area (Å²) in [4.78, 5) is 17.3. The Morgan fingerprint density at radius 2 is 1.84 bits per heavy atom. The van der Waals surface area contributed by atoms with Crippen molar-refractivity contribution >= 4 is 40.7 Å². The second-order valence-electron chi connectivity index (χ2n) is 10.4. The van der Waals surface area contributed by atoms with E-state index in [1.165, 1.54) is 6.07 Å². The van der Waals surface area contributed by atoms with Crippen molar-refractivity contribution in [1.82, 2.24) is 9.80 Å². The molecule has 3 aromatic carbocycles. The molecule has 200 valence electrons. The molecule has 1 spiro atoms. The topological polar surface area (TPSA) is 32.8 Å². The molecule has 0 aliphatic carbocycles. The number of fused-ring (bicyclic) bond motifs is 2. The van der Waals surface area contributed by atoms with E-state index in [2.05, 4.69) is 4.90 Å². The first kappa shape index (κ1) is 27.3. The van der Waals surface area contributed by atoms with Crippen LogP contribution in [0.2, 0.25) is 15.1 Å². The average molecular weight is 576 g/mol. The fourth-order valence-electron chi connectivity index (χ4n) is 5.68. The Hall–Kier alpha value is -2.31. The monoisotopic (exact) mass is 574 g/mol. The molecular formula is C30H30Cl3FN2O2. The van der Waals surface area contributed by atoms with Gasteiger partial charge in [0.15, 0.2) is 0 Å². The number of ether oxygens (including phenoxy) is 1. The van der Waals surface area contributed by atoms with E-state index >= 15 is 0 Å². The summed E-state index contributed by atoms with van der Waals surface area (Å²) in [5.74, 6) is 0.590. The number of halogens is 4. The summed E-state index contributed by atoms with van der Waals surface area (Å²) < 4.78 is 19.9. The molecule has 1 atom stereocenters. The number of amides is 1. The molecule has 3 aromatic rings. The highest BCUT2D eigenvalue weighted by Crippen LogP contribution is 2.45. The van der Waals surface area contributed by atoms with Gasteiger partial charge in [-0.2, -0.15) is 0 Å². The predicted octanol–water partition coefficient (Wildman–Crippen LogP) is 7.46. The largest absolute Gasteiger partial charge is 0.492 e. The van der Waals surface area contributed by atoms with Gasteiger partial charge in [0.25, 0.3) is 5.91 Å². The molecule has 4 nitrogen and oxygen atoms in total. The first-order valence-corrected chi connectivity index (χ1v) is 14.0. The minimum Gasteiger partial charge on any atom is -0.492 e. The fraction of sp³-hybridized carbons (Fsp3) is 0.367. The summed E-state index contributed by atoms with van der Waals surface area (Å²) in [6, 6.07) is 17.6. The first-order chi connectivity index (χ1) is 18.2. The number of benzene rings is 3. The highest BCUT2D eigenvalue weighted by atomic mass is 35.5. The molecule has 1 amide bonds. The molecule has 0 radical (unpaired) electrons. The van der Waals surface area contributed by atoms with E-state index in [1.807, 2.05) is 25.2 Å². The van der Waals surface area contributed by atoms with Gasteiger partial charge in [0, 0.05) is 41.1 Å². The second-order valence-corrected chi connectivity index (χ2v) is 11.7. The van der Waals surface area contributed by atoms with Crippen molar-refractivity contribution in [2.75, 3.05) is 39.8 Å². The number of carbonyl (C=O) groups excluding carboxylic acids is 1. The highest BCUT2D eigenvalue weighted by molar-refractivity contribution is 6.42. The summed E-state index contributed by atoms with van der Waals surface area (Å²) >= 11 is 18.7. The van der Waals surface area contributed by atoms with Gasteiger partial charge in [-0.05, 0) is 93.0 Å². The zero-order chi connectivity index (χ0) is 26.9. The maximum Gasteiger partial charge on any atom is 0.253 e. The van der Waals surface area contributed by atoms with E-state index < -0.39 is 0 Å². The third-order valence-electron chi connectivity index (χ3n) is 7.95. The summed E-state index contributed by atoms with van der Waals surface area (Å²) in [5.41, 5.74) is 2.50. The quantitative estimate of drug-likeness (QED) is 0.293. The van der Waals surface area contributed by atoms with E-state index in [4.69, 9.17) is 39.5 Å². The van der Waals surface area contributed by atoms with Gasteiger partial charge in [0.05, 0.1) is 16.7 Å². The first-order valence-electron chi connectivity index (χ1n) is 12.9. The van der Waals surface area contributed by atoms with Crippen molar-refractivity contribution in [3.63, 3.8) is 0 Å². The zero-order valence-corrected chi connectivity index (χ0v) is 23.5. The van der Waals surface area contributed by atoms with E-state index in [-0.39, 0.29) is 23.1 Å². The van der Waals surface area contributed by atoms with Crippen LogP contribution in [-0.4, -0.2) is 55.5 Å². The number of piperidine rings is 1. The van der Waals surface area contributed by atoms with Crippen molar-refractivity contribution in [3.8, 4) is 5.75 Å². The van der Waals surface area contributed by atoms with Crippen LogP contribution in [0.3, 0.4) is 0 Å². The van der Waals surface area contributed by atoms with Crippen molar-refractivity contribution in [1.29, 1.82) is 0 Å². The summed E-state index contributed by atoms with van der Waals surface area (Å²) in [6.07, 6.45) is 2.70. The Balaban J connectivity index is 1.26. The number of likely N-dealkylation sites (tertiary alicyclic amines) is 1. The third kappa shape index (κ3) is 5.81. The molecule has 38 heavy (non-hydrogen) atoms. The van der Waals surface area contributed by atoms with E-state index in [0.29, 0.717) is 33.8 Å². The van der Waals surface area contributed by atoms with E-state index in [0.717, 1.165) is 55.8 Å². The van der Waals surface area contributed by atoms with Crippen LogP contribution in [0.4, 0.5) is 4.39 Å². The Morgan fingerprint density at radius 3 is 2.58 bits per heavy atom. The molecule has 2 heterocycles. The Labute approximate surface area is 238 Å². The molecule has 0 bridgehead atoms. The predicted molar refractivity (Wildman–Crippen MR) is 151 cm³/mol. The van der Waals surface area contributed by atoms with Gasteiger partial charge in [-0.25, -0.2) is 4.39 Å². The zero-order valence-electron chi connectivity index (χ0n) is 21.2. The van der Waals surface area contributed by atoms with Crippen LogP contribution in [-0.2, 0) is 5.41 Å². The van der Waals surface area contributed by atoms with Crippen molar-refractivity contribution < 1.29 is 13.9 Å². The Morgan fingerprint density at radius 1 is 1.05 bits per heavy atom. The Kier molecular flexibility index (Phi) is 8.20. The number of carbonyl (C=O) groups is 1. The lowest BCUT2D eigenvalue weighted by Crippen LogP contribution is -2.44. The van der Waals surface area contributed by atoms with Crippen LogP contribution >= 0.6 is 34.8 Å². The molecule has 8 heteroatoms. The lowest BCUT2D eigenvalue weighted by Gasteiger charge is -2.39. The maximum absolute atomic E-state index is 14.0. The fourth-order valence-corrected chi connectivity index (χ4v) is 6.17. The second kappa shape index (κ2) is 11.4. The third-order valence-corrected chi connectivity index (χ3v) is 8.93. The molecule has 0 saturated carbocycles. The maximum atomic E-state index is 14.0. The molecule has 2 aliphatic heterocycles. The summed E-state index contributed by atoms with van der Waals surface area (Å²) in [6.45, 7) is 3.83. The average Bonchev–Trinajstić information content (AvgIpc) is 3.25. The Bertz CT molecular complexity index is 1330. The van der Waals surface area contributed by atoms with Crippen molar-refractivity contribution in [2.45, 2.75) is 30.6 Å². The smallest absolute Gasteiger partial charge is 0.253 e. The van der Waals surface area contributed by atoms with Gasteiger partial charge in [0.1, 0.15) is 11.6 Å². The lowest BCUT2D eigenvalue weighted by molar-refractivity contribution is 0.0779. The van der Waals surface area contributed by atoms with Gasteiger partial charge >= 0.3 is 0 Å². The molecule has 1 unspecified atom stereocenters. The van der Waals surface area contributed by atoms with E-state index in [1.54, 1.807) is 41.3 Å². The van der Waals surface area contributed by atoms with Crippen molar-refractivity contribution in [2.24, 2.45) is 0 Å². The van der Waals surface area contributed by atoms with Gasteiger partial charge in [-0.3, -0.25) is 4.79 Å². The molecular weight excluding hydrogens is 546 g/mol. The lowest BCUT2D eigenvalue weighted by atomic mass is 9.74. The van der Waals surface area contributed by atoms with Crippen LogP contribution < -0.4 is 4.74 Å². The number of hydrogen-bond acceptors (Lipinski definition) is 3. The van der Waals surface area contributed by atoms with Crippen molar-refractivity contribution in [3.05, 3.63) is 98.2 Å². The molecule has 2 aliphatic rings. The normalized spacial score (nSPS) is 17.2. The SMILES string of the molecule is CN(CC(CCN1CCC2(CC1)COc1ccc(F)cc12)c1ccc(Cl)c(Cl)c1)C(=O)c1cccc(Cl)c1. The van der Waals surface area contributed by atoms with Gasteiger partial charge in [-0.1, -0.05) is 46.9 Å². The standard InChI is InChI=1S/C30H30Cl3FN2O2/c1-35(29(37)21-3-2-4-23(31)15-21)18-22(20-5-7-26(32)27(33)16-20)9-12-36-13-10-30(11-14-36)19-38-28-8-6-24(34)17-25(28)30/h2-8,15-17,22H,9-14,18-19H2,1H3. The molecule has 1 saturated heterocycles. The van der Waals surface area contributed by atoms with Gasteiger partial charge < -0.3 is 14.5 Å². The number of rotatable bonds is 7. The van der Waals surface area contributed by atoms with Crippen LogP contribution in [0, 0.1) is 5.82 Å². The minimum absolute atomic E-state index is 0.0680. The van der Waals surface area contributed by atoms with Crippen LogP contribution in [0.1, 0.15) is 46.7 Å². The number of hydrogen-bond donors (Lipinski definition) is 0. The number of likely N-dealkylation sites (N-methyl/N-ethyl adjacent to an activating group) is 1. The minimum atomic E-state index is -0.211. The van der Waals surface area contributed by atoms with E-state index in [9.17, 15) is 9.18 Å². The van der Waals surface area contributed by atoms with Crippen LogP contribution in [0.25, 0.3) is 0 Å². The molecule has 0 N–H and O–H groups in total. The van der Waals surface area contributed by atoms with Crippen LogP contribution in [0.5, 0.6) is 5.75 Å². The summed E-state index contributed by atoms with van der Waals surface area (Å²) in [5, 5.41) is 1.55. The summed E-state index contributed by atoms with van der Waals surface area (Å²) in [7, 11) is 1.81. The van der Waals surface area contributed by atoms with Gasteiger partial charge in [-0.15, -0.1) is 0 Å². The molecule has 0 aromatic heterocycles. The molecule has 1 fully saturated rings. The molecule has 5 rings (SSSR count). The number of nitrogens with zero attached hydrogens (tertiary/aromatic N) is 2. The highest BCUT2D eigenvalue weighted by Gasteiger charge is 2.43.